The van der Waals surface area contributed by atoms with Crippen LogP contribution in [0.3, 0.4) is 0 Å². The summed E-state index contributed by atoms with van der Waals surface area (Å²) in [6.45, 7) is 6.55. The molecule has 0 heteroatoms. The molecule has 1 aromatic carbocycles. The molecule has 1 aromatic rings. The molecule has 0 aliphatic heterocycles. The van der Waals surface area contributed by atoms with Crippen molar-refractivity contribution in [3.63, 3.8) is 0 Å². The third-order valence-corrected chi connectivity index (χ3v) is 3.40. The molecule has 0 unspecified atom stereocenters. The lowest BCUT2D eigenvalue weighted by atomic mass is 10.0. The van der Waals surface area contributed by atoms with E-state index in [1.54, 1.807) is 0 Å². The van der Waals surface area contributed by atoms with Crippen LogP contribution in [0, 0.1) is 6.92 Å². The van der Waals surface area contributed by atoms with Crippen LogP contribution in [0.5, 0.6) is 0 Å². The van der Waals surface area contributed by atoms with Crippen LogP contribution < -0.4 is 0 Å². The van der Waals surface area contributed by atoms with E-state index >= 15 is 0 Å². The van der Waals surface area contributed by atoms with E-state index in [2.05, 4.69) is 32.9 Å². The number of hydrogen-bond acceptors (Lipinski definition) is 0. The maximum Gasteiger partial charge on any atom is -0.0398 e. The van der Waals surface area contributed by atoms with E-state index in [0.29, 0.717) is 0 Å². The summed E-state index contributed by atoms with van der Waals surface area (Å²) >= 11 is 0. The van der Waals surface area contributed by atoms with Crippen LogP contribution in [-0.4, -0.2) is 0 Å². The van der Waals surface area contributed by atoms with Crippen molar-refractivity contribution in [1.29, 1.82) is 0 Å². The molecule has 0 amide bonds. The number of aryl methyl sites for hydroxylation is 1. The molecule has 2 rings (SSSR count). The molecule has 0 bridgehead atoms. The Balaban J connectivity index is 0.000000257. The van der Waals surface area contributed by atoms with Gasteiger partial charge in [0.2, 0.25) is 0 Å². The summed E-state index contributed by atoms with van der Waals surface area (Å²) in [5.74, 6) is 0. The standard InChI is InChI=1S/C7H8.C6H12.C6H14/c1-7-5-3-2-4-6-7;1-2-4-6-5-3-1;1-3-5-6-4-2/h2-6H,1H3;1-6H2;3-6H2,1-2H3. The topological polar surface area (TPSA) is 0 Å². The van der Waals surface area contributed by atoms with E-state index in [1.165, 1.54) is 69.8 Å². The Morgan fingerprint density at radius 3 is 1.26 bits per heavy atom. The largest absolute Gasteiger partial charge is 0.0654 e. The Morgan fingerprint density at radius 1 is 0.684 bits per heavy atom. The smallest absolute Gasteiger partial charge is 0.0398 e. The lowest BCUT2D eigenvalue weighted by Gasteiger charge is -2.05. The van der Waals surface area contributed by atoms with Gasteiger partial charge in [0.25, 0.3) is 0 Å². The molecule has 0 radical (unpaired) electrons. The normalized spacial score (nSPS) is 13.6. The number of unbranched alkanes of at least 4 members (excludes halogenated alkanes) is 3. The minimum atomic E-state index is 1.32. The first-order chi connectivity index (χ1) is 9.31. The van der Waals surface area contributed by atoms with Crippen molar-refractivity contribution in [2.75, 3.05) is 0 Å². The van der Waals surface area contributed by atoms with Gasteiger partial charge in [0.15, 0.2) is 0 Å². The van der Waals surface area contributed by atoms with E-state index in [1.807, 2.05) is 18.2 Å². The molecule has 110 valence electrons. The Kier molecular flexibility index (Phi) is 14.7. The van der Waals surface area contributed by atoms with E-state index in [4.69, 9.17) is 0 Å². The van der Waals surface area contributed by atoms with E-state index in [-0.39, 0.29) is 0 Å². The molecule has 0 aromatic heterocycles. The zero-order valence-corrected chi connectivity index (χ0v) is 13.5. The molecule has 0 atom stereocenters. The van der Waals surface area contributed by atoms with E-state index in [0.717, 1.165) is 0 Å². The van der Waals surface area contributed by atoms with Crippen LogP contribution in [0.2, 0.25) is 0 Å². The van der Waals surface area contributed by atoms with Crippen LogP contribution in [0.1, 0.15) is 83.6 Å². The summed E-state index contributed by atoms with van der Waals surface area (Å²) in [6.07, 6.45) is 14.5. The van der Waals surface area contributed by atoms with Gasteiger partial charge in [0.05, 0.1) is 0 Å². The van der Waals surface area contributed by atoms with Crippen molar-refractivity contribution in [2.24, 2.45) is 0 Å². The van der Waals surface area contributed by atoms with Gasteiger partial charge in [0, 0.05) is 0 Å². The van der Waals surface area contributed by atoms with Crippen molar-refractivity contribution in [1.82, 2.24) is 0 Å². The summed E-state index contributed by atoms with van der Waals surface area (Å²) in [6, 6.07) is 10.3. The first kappa shape index (κ1) is 18.2. The number of rotatable bonds is 3. The maximum absolute atomic E-state index is 2.23. The molecule has 19 heavy (non-hydrogen) atoms. The molecular formula is C19H34. The molecule has 0 saturated heterocycles. The van der Waals surface area contributed by atoms with E-state index < -0.39 is 0 Å². The van der Waals surface area contributed by atoms with Crippen molar-refractivity contribution >= 4 is 0 Å². The van der Waals surface area contributed by atoms with Gasteiger partial charge >= 0.3 is 0 Å². The minimum Gasteiger partial charge on any atom is -0.0654 e. The van der Waals surface area contributed by atoms with Crippen LogP contribution in [0.4, 0.5) is 0 Å². The average Bonchev–Trinajstić information content (AvgIpc) is 2.49. The Labute approximate surface area is 121 Å². The van der Waals surface area contributed by atoms with E-state index in [9.17, 15) is 0 Å². The SMILES string of the molecule is C1CCCCC1.CCCCCC.Cc1ccccc1. The molecule has 1 aliphatic rings. The van der Waals surface area contributed by atoms with Gasteiger partial charge in [-0.15, -0.1) is 0 Å². The number of hydrogen-bond donors (Lipinski definition) is 0. The third-order valence-electron chi connectivity index (χ3n) is 3.40. The highest BCUT2D eigenvalue weighted by Crippen LogP contribution is 2.15. The third kappa shape index (κ3) is 15.2. The first-order valence-electron chi connectivity index (χ1n) is 8.32. The highest BCUT2D eigenvalue weighted by Gasteiger charge is 1.95. The second-order valence-corrected chi connectivity index (χ2v) is 5.48. The van der Waals surface area contributed by atoms with Crippen molar-refractivity contribution < 1.29 is 0 Å². The van der Waals surface area contributed by atoms with Crippen LogP contribution in [0.15, 0.2) is 30.3 Å². The van der Waals surface area contributed by atoms with Crippen LogP contribution in [0.25, 0.3) is 0 Å². The molecular weight excluding hydrogens is 228 g/mol. The monoisotopic (exact) mass is 262 g/mol. The second-order valence-electron chi connectivity index (χ2n) is 5.48. The summed E-state index contributed by atoms with van der Waals surface area (Å²) in [5.41, 5.74) is 1.32. The van der Waals surface area contributed by atoms with Crippen LogP contribution in [-0.2, 0) is 0 Å². The average molecular weight is 262 g/mol. The molecule has 0 nitrogen and oxygen atoms in total. The van der Waals surface area contributed by atoms with Gasteiger partial charge in [-0.1, -0.05) is 114 Å². The first-order valence-corrected chi connectivity index (χ1v) is 8.32. The fraction of sp³-hybridized carbons (Fsp3) is 0.684. The molecule has 1 saturated carbocycles. The zero-order valence-electron chi connectivity index (χ0n) is 13.5. The summed E-state index contributed by atoms with van der Waals surface area (Å²) in [7, 11) is 0. The highest BCUT2D eigenvalue weighted by molar-refractivity contribution is 5.11. The molecule has 1 fully saturated rings. The highest BCUT2D eigenvalue weighted by atomic mass is 14.0. The Bertz CT molecular complexity index is 230. The minimum absolute atomic E-state index is 1.32. The fourth-order valence-electron chi connectivity index (χ4n) is 2.10. The number of benzene rings is 1. The van der Waals surface area contributed by atoms with Gasteiger partial charge in [-0.3, -0.25) is 0 Å². The summed E-state index contributed by atoms with van der Waals surface area (Å²) < 4.78 is 0. The Morgan fingerprint density at radius 2 is 1.05 bits per heavy atom. The lowest BCUT2D eigenvalue weighted by molar-refractivity contribution is 0.504. The van der Waals surface area contributed by atoms with Gasteiger partial charge in [-0.2, -0.15) is 0 Å². The molecule has 0 heterocycles. The van der Waals surface area contributed by atoms with Crippen molar-refractivity contribution in [3.8, 4) is 0 Å². The van der Waals surface area contributed by atoms with Crippen LogP contribution >= 0.6 is 0 Å². The summed E-state index contributed by atoms with van der Waals surface area (Å²) in [5, 5.41) is 0. The van der Waals surface area contributed by atoms with Gasteiger partial charge in [0.1, 0.15) is 0 Å². The zero-order chi connectivity index (χ0) is 14.2. The predicted octanol–water partition coefficient (Wildman–Crippen LogP) is 6.92. The van der Waals surface area contributed by atoms with Crippen molar-refractivity contribution in [2.45, 2.75) is 85.0 Å². The Hall–Kier alpha value is -0.780. The molecule has 1 aliphatic carbocycles. The lowest BCUT2D eigenvalue weighted by Crippen LogP contribution is -1.85. The van der Waals surface area contributed by atoms with Gasteiger partial charge < -0.3 is 0 Å². The van der Waals surface area contributed by atoms with Gasteiger partial charge in [-0.05, 0) is 6.92 Å². The summed E-state index contributed by atoms with van der Waals surface area (Å²) in [4.78, 5) is 0. The predicted molar refractivity (Wildman–Crippen MR) is 88.7 cm³/mol. The second kappa shape index (κ2) is 15.3. The fourth-order valence-corrected chi connectivity index (χ4v) is 2.10. The van der Waals surface area contributed by atoms with Crippen molar-refractivity contribution in [3.05, 3.63) is 35.9 Å². The molecule has 0 N–H and O–H groups in total. The molecule has 0 spiro atoms. The van der Waals surface area contributed by atoms with Gasteiger partial charge in [-0.25, -0.2) is 0 Å². The quantitative estimate of drug-likeness (QED) is 0.518. The maximum atomic E-state index is 2.23.